The molecule has 0 aliphatic rings. The number of halogens is 2. The van der Waals surface area contributed by atoms with Gasteiger partial charge < -0.3 is 11.1 Å². The molecule has 0 saturated carbocycles. The molecule has 5 heteroatoms. The molecule has 2 aromatic rings. The second kappa shape index (κ2) is 6.04. The summed E-state index contributed by atoms with van der Waals surface area (Å²) in [4.78, 5) is 0. The van der Waals surface area contributed by atoms with Gasteiger partial charge in [-0.2, -0.15) is 5.26 Å². The number of nitriles is 1. The predicted octanol–water partition coefficient (Wildman–Crippen LogP) is 4.69. The Labute approximate surface area is 127 Å². The lowest BCUT2D eigenvalue weighted by Crippen LogP contribution is -1.97. The minimum atomic E-state index is 0.268. The van der Waals surface area contributed by atoms with E-state index in [-0.39, 0.29) is 6.42 Å². The first kappa shape index (κ1) is 14.5. The first-order valence-electron chi connectivity index (χ1n) is 5.99. The molecule has 0 radical (unpaired) electrons. The molecule has 3 N–H and O–H groups in total. The van der Waals surface area contributed by atoms with Gasteiger partial charge >= 0.3 is 0 Å². The van der Waals surface area contributed by atoms with Crippen molar-refractivity contribution in [3.63, 3.8) is 0 Å². The molecule has 2 rings (SSSR count). The first-order valence-corrected chi connectivity index (χ1v) is 6.75. The third-order valence-electron chi connectivity index (χ3n) is 2.94. The molecule has 0 spiro atoms. The minimum Gasteiger partial charge on any atom is -0.398 e. The molecule has 0 atom stereocenters. The third kappa shape index (κ3) is 3.16. The van der Waals surface area contributed by atoms with Crippen LogP contribution in [0.2, 0.25) is 10.0 Å². The molecule has 0 amide bonds. The highest BCUT2D eigenvalue weighted by atomic mass is 35.5. The summed E-state index contributed by atoms with van der Waals surface area (Å²) in [6.07, 6.45) is 0.268. The SMILES string of the molecule is Cc1cc(Cl)c(Nc2ccc(N)c(CC#N)c2)cc1Cl. The number of aryl methyl sites for hydroxylation is 1. The summed E-state index contributed by atoms with van der Waals surface area (Å²) in [5.74, 6) is 0. The number of nitrogens with zero attached hydrogens (tertiary/aromatic N) is 1. The van der Waals surface area contributed by atoms with Crippen LogP contribution in [0.3, 0.4) is 0 Å². The van der Waals surface area contributed by atoms with E-state index in [1.807, 2.05) is 19.1 Å². The Kier molecular flexibility index (Phi) is 4.39. The van der Waals surface area contributed by atoms with Crippen LogP contribution in [0, 0.1) is 18.3 Å². The number of rotatable bonds is 3. The lowest BCUT2D eigenvalue weighted by atomic mass is 10.1. The summed E-state index contributed by atoms with van der Waals surface area (Å²) in [6, 6.07) is 11.1. The highest BCUT2D eigenvalue weighted by Gasteiger charge is 2.06. The standard InChI is InChI=1S/C15H13Cl2N3/c1-9-6-13(17)15(8-12(9)16)20-11-2-3-14(19)10(7-11)4-5-18/h2-3,6-8,20H,4,19H2,1H3. The maximum absolute atomic E-state index is 8.77. The minimum absolute atomic E-state index is 0.268. The Morgan fingerprint density at radius 1 is 1.20 bits per heavy atom. The zero-order valence-electron chi connectivity index (χ0n) is 10.9. The maximum atomic E-state index is 8.77. The normalized spacial score (nSPS) is 10.1. The van der Waals surface area contributed by atoms with Gasteiger partial charge in [0.05, 0.1) is 23.2 Å². The van der Waals surface area contributed by atoms with E-state index in [4.69, 9.17) is 34.2 Å². The highest BCUT2D eigenvalue weighted by molar-refractivity contribution is 6.35. The Balaban J connectivity index is 2.33. The topological polar surface area (TPSA) is 61.8 Å². The molecule has 0 saturated heterocycles. The van der Waals surface area contributed by atoms with Crippen LogP contribution in [0.4, 0.5) is 17.1 Å². The van der Waals surface area contributed by atoms with Gasteiger partial charge in [-0.15, -0.1) is 0 Å². The average Bonchev–Trinajstić information content (AvgIpc) is 2.40. The molecule has 0 unspecified atom stereocenters. The van der Waals surface area contributed by atoms with Gasteiger partial charge in [-0.25, -0.2) is 0 Å². The molecule has 102 valence electrons. The quantitative estimate of drug-likeness (QED) is 0.808. The van der Waals surface area contributed by atoms with Crippen LogP contribution >= 0.6 is 23.2 Å². The van der Waals surface area contributed by atoms with Crippen molar-refractivity contribution in [2.24, 2.45) is 0 Å². The monoisotopic (exact) mass is 305 g/mol. The summed E-state index contributed by atoms with van der Waals surface area (Å²) in [5.41, 5.74) is 9.65. The molecule has 2 aromatic carbocycles. The van der Waals surface area contributed by atoms with E-state index in [1.165, 1.54) is 0 Å². The van der Waals surface area contributed by atoms with Crippen molar-refractivity contribution in [1.29, 1.82) is 5.26 Å². The fraction of sp³-hybridized carbons (Fsp3) is 0.133. The fourth-order valence-electron chi connectivity index (χ4n) is 1.82. The summed E-state index contributed by atoms with van der Waals surface area (Å²) >= 11 is 12.3. The van der Waals surface area contributed by atoms with Crippen molar-refractivity contribution >= 4 is 40.3 Å². The number of hydrogen-bond acceptors (Lipinski definition) is 3. The molecule has 0 aliphatic heterocycles. The van der Waals surface area contributed by atoms with Crippen molar-refractivity contribution in [2.75, 3.05) is 11.1 Å². The van der Waals surface area contributed by atoms with Crippen LogP contribution in [0.1, 0.15) is 11.1 Å². The molecule has 3 nitrogen and oxygen atoms in total. The van der Waals surface area contributed by atoms with Crippen molar-refractivity contribution in [3.8, 4) is 6.07 Å². The van der Waals surface area contributed by atoms with Gasteiger partial charge in [0.1, 0.15) is 0 Å². The van der Waals surface area contributed by atoms with Gasteiger partial charge in [0.15, 0.2) is 0 Å². The van der Waals surface area contributed by atoms with Crippen molar-refractivity contribution < 1.29 is 0 Å². The molecule has 0 fully saturated rings. The second-order valence-corrected chi connectivity index (χ2v) is 5.27. The van der Waals surface area contributed by atoms with Gasteiger partial charge in [-0.1, -0.05) is 23.2 Å². The second-order valence-electron chi connectivity index (χ2n) is 4.45. The first-order chi connectivity index (χ1) is 9.51. The van der Waals surface area contributed by atoms with Crippen molar-refractivity contribution in [3.05, 3.63) is 51.5 Å². The van der Waals surface area contributed by atoms with Gasteiger partial charge in [0.2, 0.25) is 0 Å². The van der Waals surface area contributed by atoms with E-state index in [0.29, 0.717) is 15.7 Å². The number of nitrogen functional groups attached to an aromatic ring is 1. The van der Waals surface area contributed by atoms with E-state index < -0.39 is 0 Å². The molecular formula is C15H13Cl2N3. The summed E-state index contributed by atoms with van der Waals surface area (Å²) < 4.78 is 0. The van der Waals surface area contributed by atoms with Crippen LogP contribution in [0.25, 0.3) is 0 Å². The van der Waals surface area contributed by atoms with Crippen LogP contribution in [-0.2, 0) is 6.42 Å². The van der Waals surface area contributed by atoms with Crippen LogP contribution in [0.15, 0.2) is 30.3 Å². The number of hydrogen-bond donors (Lipinski definition) is 2. The van der Waals surface area contributed by atoms with Gasteiger partial charge in [-0.05, 0) is 48.4 Å². The lowest BCUT2D eigenvalue weighted by Gasteiger charge is -2.12. The lowest BCUT2D eigenvalue weighted by molar-refractivity contribution is 1.27. The number of nitrogens with two attached hydrogens (primary N) is 1. The van der Waals surface area contributed by atoms with E-state index in [1.54, 1.807) is 18.2 Å². The summed E-state index contributed by atoms with van der Waals surface area (Å²) in [7, 11) is 0. The van der Waals surface area contributed by atoms with E-state index in [0.717, 1.165) is 22.5 Å². The number of nitrogens with one attached hydrogen (secondary N) is 1. The molecule has 20 heavy (non-hydrogen) atoms. The molecule has 0 bridgehead atoms. The summed E-state index contributed by atoms with van der Waals surface area (Å²) in [6.45, 7) is 1.90. The van der Waals surface area contributed by atoms with E-state index in [2.05, 4.69) is 11.4 Å². The molecule has 0 aromatic heterocycles. The Bertz CT molecular complexity index is 690. The maximum Gasteiger partial charge on any atom is 0.0670 e. The fourth-order valence-corrected chi connectivity index (χ4v) is 2.25. The number of anilines is 3. The van der Waals surface area contributed by atoms with Gasteiger partial charge in [0, 0.05) is 16.4 Å². The van der Waals surface area contributed by atoms with Gasteiger partial charge in [0.25, 0.3) is 0 Å². The van der Waals surface area contributed by atoms with Crippen molar-refractivity contribution in [1.82, 2.24) is 0 Å². The number of benzene rings is 2. The van der Waals surface area contributed by atoms with Crippen LogP contribution in [-0.4, -0.2) is 0 Å². The molecule has 0 aliphatic carbocycles. The smallest absolute Gasteiger partial charge is 0.0670 e. The zero-order valence-corrected chi connectivity index (χ0v) is 12.4. The van der Waals surface area contributed by atoms with Crippen molar-refractivity contribution in [2.45, 2.75) is 13.3 Å². The Morgan fingerprint density at radius 2 is 1.95 bits per heavy atom. The highest BCUT2D eigenvalue weighted by Crippen LogP contribution is 2.31. The average molecular weight is 306 g/mol. The summed E-state index contributed by atoms with van der Waals surface area (Å²) in [5, 5.41) is 13.2. The van der Waals surface area contributed by atoms with Crippen LogP contribution < -0.4 is 11.1 Å². The largest absolute Gasteiger partial charge is 0.398 e. The molecular weight excluding hydrogens is 293 g/mol. The third-order valence-corrected chi connectivity index (χ3v) is 3.66. The van der Waals surface area contributed by atoms with E-state index >= 15 is 0 Å². The van der Waals surface area contributed by atoms with E-state index in [9.17, 15) is 0 Å². The van der Waals surface area contributed by atoms with Gasteiger partial charge in [-0.3, -0.25) is 0 Å². The zero-order chi connectivity index (χ0) is 14.7. The Hall–Kier alpha value is -1.89. The van der Waals surface area contributed by atoms with Crippen LogP contribution in [0.5, 0.6) is 0 Å². The predicted molar refractivity (Wildman–Crippen MR) is 84.7 cm³/mol. The molecule has 0 heterocycles. The Morgan fingerprint density at radius 3 is 2.65 bits per heavy atom.